The average Bonchev–Trinajstić information content (AvgIpc) is 2.81. The van der Waals surface area contributed by atoms with Crippen molar-refractivity contribution < 1.29 is 8.42 Å². The molecule has 1 aliphatic heterocycles. The number of imidazole rings is 1. The molecule has 88 valence electrons. The molecule has 0 spiro atoms. The minimum atomic E-state index is -3.03. The Kier molecular flexibility index (Phi) is 2.19. The number of fused-ring (bicyclic) bond motifs is 1. The van der Waals surface area contributed by atoms with Gasteiger partial charge in [0, 0.05) is 5.41 Å². The zero-order valence-electron chi connectivity index (χ0n) is 8.92. The van der Waals surface area contributed by atoms with Crippen LogP contribution in [-0.2, 0) is 9.84 Å². The third-order valence-corrected chi connectivity index (χ3v) is 4.04. The van der Waals surface area contributed by atoms with Crippen LogP contribution in [0.3, 0.4) is 0 Å². The predicted molar refractivity (Wildman–Crippen MR) is 66.4 cm³/mol. The van der Waals surface area contributed by atoms with E-state index in [0.29, 0.717) is 5.95 Å². The predicted octanol–water partition coefficient (Wildman–Crippen LogP) is 1.29. The summed E-state index contributed by atoms with van der Waals surface area (Å²) in [6.07, 6.45) is 1.64. The van der Waals surface area contributed by atoms with Gasteiger partial charge in [-0.15, -0.1) is 0 Å². The molecule has 1 aromatic heterocycles. The van der Waals surface area contributed by atoms with E-state index < -0.39 is 9.84 Å². The summed E-state index contributed by atoms with van der Waals surface area (Å²) in [4.78, 5) is 7.43. The highest BCUT2D eigenvalue weighted by atomic mass is 32.2. The number of rotatable bonds is 2. The van der Waals surface area contributed by atoms with Crippen LogP contribution < -0.4 is 5.32 Å². The summed E-state index contributed by atoms with van der Waals surface area (Å²) >= 11 is 0. The van der Waals surface area contributed by atoms with Gasteiger partial charge in [0.25, 0.3) is 0 Å². The van der Waals surface area contributed by atoms with E-state index in [9.17, 15) is 8.42 Å². The SMILES string of the molecule is O=S1(=O)C=CC(Nc2nc3ccccc3[nH]2)C1. The standard InChI is InChI=1S/C11H11N3O2S/c15-17(16)6-5-8(7-17)12-11-13-9-3-1-2-4-10(9)14-11/h1-6,8H,7H2,(H2,12,13,14). The van der Waals surface area contributed by atoms with E-state index in [4.69, 9.17) is 0 Å². The van der Waals surface area contributed by atoms with Crippen molar-refractivity contribution in [1.82, 2.24) is 9.97 Å². The van der Waals surface area contributed by atoms with Gasteiger partial charge in [-0.1, -0.05) is 12.1 Å². The molecule has 2 aromatic rings. The van der Waals surface area contributed by atoms with Crippen molar-refractivity contribution in [3.8, 4) is 0 Å². The Labute approximate surface area is 98.5 Å². The molecule has 3 rings (SSSR count). The second-order valence-electron chi connectivity index (χ2n) is 4.01. The molecule has 1 aliphatic rings. The van der Waals surface area contributed by atoms with E-state index in [1.165, 1.54) is 5.41 Å². The first-order valence-corrected chi connectivity index (χ1v) is 6.96. The number of sulfone groups is 1. The lowest BCUT2D eigenvalue weighted by Crippen LogP contribution is -2.21. The van der Waals surface area contributed by atoms with Gasteiger partial charge in [0.2, 0.25) is 5.95 Å². The highest BCUT2D eigenvalue weighted by molar-refractivity contribution is 7.94. The van der Waals surface area contributed by atoms with Gasteiger partial charge >= 0.3 is 0 Å². The number of hydrogen-bond donors (Lipinski definition) is 2. The molecule has 0 saturated heterocycles. The van der Waals surface area contributed by atoms with Crippen LogP contribution in [0, 0.1) is 0 Å². The van der Waals surface area contributed by atoms with E-state index >= 15 is 0 Å². The molecule has 1 atom stereocenters. The summed E-state index contributed by atoms with van der Waals surface area (Å²) in [7, 11) is -3.03. The van der Waals surface area contributed by atoms with Gasteiger partial charge in [-0.2, -0.15) is 0 Å². The van der Waals surface area contributed by atoms with E-state index in [1.807, 2.05) is 24.3 Å². The number of hydrogen-bond acceptors (Lipinski definition) is 4. The number of anilines is 1. The summed E-state index contributed by atoms with van der Waals surface area (Å²) in [6, 6.07) is 7.45. The highest BCUT2D eigenvalue weighted by Crippen LogP contribution is 2.16. The smallest absolute Gasteiger partial charge is 0.201 e. The van der Waals surface area contributed by atoms with E-state index in [0.717, 1.165) is 11.0 Å². The van der Waals surface area contributed by atoms with Crippen molar-refractivity contribution in [2.24, 2.45) is 0 Å². The maximum absolute atomic E-state index is 11.2. The van der Waals surface area contributed by atoms with Crippen LogP contribution in [0.15, 0.2) is 35.7 Å². The quantitative estimate of drug-likeness (QED) is 0.841. The first-order chi connectivity index (χ1) is 8.12. The Morgan fingerprint density at radius 2 is 2.18 bits per heavy atom. The molecule has 0 saturated carbocycles. The van der Waals surface area contributed by atoms with Gasteiger partial charge < -0.3 is 10.3 Å². The number of nitrogens with zero attached hydrogens (tertiary/aromatic N) is 1. The Bertz CT molecular complexity index is 655. The van der Waals surface area contributed by atoms with Crippen LogP contribution in [0.2, 0.25) is 0 Å². The first kappa shape index (κ1) is 10.3. The van der Waals surface area contributed by atoms with Crippen molar-refractivity contribution in [2.45, 2.75) is 6.04 Å². The minimum absolute atomic E-state index is 0.0873. The minimum Gasteiger partial charge on any atom is -0.349 e. The van der Waals surface area contributed by atoms with Crippen molar-refractivity contribution in [3.63, 3.8) is 0 Å². The molecule has 0 fully saturated rings. The van der Waals surface area contributed by atoms with E-state index in [2.05, 4.69) is 15.3 Å². The highest BCUT2D eigenvalue weighted by Gasteiger charge is 2.22. The maximum Gasteiger partial charge on any atom is 0.201 e. The molecule has 5 nitrogen and oxygen atoms in total. The summed E-state index contributed by atoms with van der Waals surface area (Å²) in [5.41, 5.74) is 1.79. The number of H-pyrrole nitrogens is 1. The Morgan fingerprint density at radius 3 is 2.88 bits per heavy atom. The molecule has 6 heteroatoms. The molecule has 1 aromatic carbocycles. The van der Waals surface area contributed by atoms with E-state index in [1.54, 1.807) is 6.08 Å². The molecule has 0 bridgehead atoms. The number of aromatic amines is 1. The van der Waals surface area contributed by atoms with Crippen molar-refractivity contribution in [3.05, 3.63) is 35.7 Å². The Hall–Kier alpha value is -1.82. The van der Waals surface area contributed by atoms with Crippen LogP contribution >= 0.6 is 0 Å². The Balaban J connectivity index is 1.84. The second-order valence-corrected chi connectivity index (χ2v) is 5.94. The molecule has 2 N–H and O–H groups in total. The summed E-state index contributed by atoms with van der Waals surface area (Å²) in [6.45, 7) is 0. The lowest BCUT2D eigenvalue weighted by Gasteiger charge is -2.07. The van der Waals surface area contributed by atoms with Gasteiger partial charge in [-0.3, -0.25) is 0 Å². The van der Waals surface area contributed by atoms with Crippen molar-refractivity contribution in [1.29, 1.82) is 0 Å². The van der Waals surface area contributed by atoms with Crippen molar-refractivity contribution >= 4 is 26.8 Å². The fourth-order valence-electron chi connectivity index (χ4n) is 1.86. The molecule has 0 radical (unpaired) electrons. The van der Waals surface area contributed by atoms with Gasteiger partial charge in [0.15, 0.2) is 9.84 Å². The Morgan fingerprint density at radius 1 is 1.35 bits per heavy atom. The molecule has 2 heterocycles. The monoisotopic (exact) mass is 249 g/mol. The van der Waals surface area contributed by atoms with E-state index in [-0.39, 0.29) is 11.8 Å². The molecular weight excluding hydrogens is 238 g/mol. The van der Waals surface area contributed by atoms with Gasteiger partial charge in [-0.05, 0) is 18.2 Å². The topological polar surface area (TPSA) is 74.8 Å². The largest absolute Gasteiger partial charge is 0.349 e. The van der Waals surface area contributed by atoms with Gasteiger partial charge in [0.1, 0.15) is 0 Å². The summed E-state index contributed by atoms with van der Waals surface area (Å²) < 4.78 is 22.5. The van der Waals surface area contributed by atoms with Crippen LogP contribution in [0.5, 0.6) is 0 Å². The van der Waals surface area contributed by atoms with Crippen LogP contribution in [0.4, 0.5) is 5.95 Å². The lowest BCUT2D eigenvalue weighted by molar-refractivity contribution is 0.605. The molecule has 0 amide bonds. The summed E-state index contributed by atoms with van der Waals surface area (Å²) in [5, 5.41) is 4.30. The number of aromatic nitrogens is 2. The van der Waals surface area contributed by atoms with Crippen LogP contribution in [-0.4, -0.2) is 30.2 Å². The number of benzene rings is 1. The second kappa shape index (κ2) is 3.59. The molecule has 0 aliphatic carbocycles. The van der Waals surface area contributed by atoms with Crippen LogP contribution in [0.25, 0.3) is 11.0 Å². The fourth-order valence-corrected chi connectivity index (χ4v) is 3.10. The lowest BCUT2D eigenvalue weighted by atomic mass is 10.3. The van der Waals surface area contributed by atoms with Gasteiger partial charge in [-0.25, -0.2) is 13.4 Å². The molecule has 17 heavy (non-hydrogen) atoms. The fraction of sp³-hybridized carbons (Fsp3) is 0.182. The molecule has 1 unspecified atom stereocenters. The van der Waals surface area contributed by atoms with Crippen molar-refractivity contribution in [2.75, 3.05) is 11.1 Å². The van der Waals surface area contributed by atoms with Crippen LogP contribution in [0.1, 0.15) is 0 Å². The third-order valence-electron chi connectivity index (χ3n) is 2.64. The summed E-state index contributed by atoms with van der Waals surface area (Å²) in [5.74, 6) is 0.683. The normalized spacial score (nSPS) is 22.0. The zero-order chi connectivity index (χ0) is 11.9. The average molecular weight is 249 g/mol. The maximum atomic E-state index is 11.2. The molecular formula is C11H11N3O2S. The first-order valence-electron chi connectivity index (χ1n) is 5.25. The number of para-hydroxylation sites is 2. The number of nitrogens with one attached hydrogen (secondary N) is 2. The zero-order valence-corrected chi connectivity index (χ0v) is 9.74. The van der Waals surface area contributed by atoms with Gasteiger partial charge in [0.05, 0.1) is 22.8 Å². The third kappa shape index (κ3) is 2.03.